The Morgan fingerprint density at radius 3 is 1.32 bits per heavy atom. The first kappa shape index (κ1) is 33.3. The predicted molar refractivity (Wildman–Crippen MR) is 91.3 cm³/mol. The van der Waals surface area contributed by atoms with Gasteiger partial charge in [-0.05, 0) is 6.42 Å². The summed E-state index contributed by atoms with van der Waals surface area (Å²) in [5.74, 6) is 0. The molecule has 0 aromatic carbocycles. The van der Waals surface area contributed by atoms with Crippen LogP contribution in [0.15, 0.2) is 0 Å². The van der Waals surface area contributed by atoms with Gasteiger partial charge in [-0.2, -0.15) is 8.42 Å². The Hall–Kier alpha value is 0.700. The molecular weight excluding hydrogens is 385 g/mol. The van der Waals surface area contributed by atoms with Crippen molar-refractivity contribution in [3.8, 4) is 0 Å². The average molecular weight is 418 g/mol. The summed E-state index contributed by atoms with van der Waals surface area (Å²) in [7, 11) is -9.15. The van der Waals surface area contributed by atoms with Gasteiger partial charge in [-0.15, -0.1) is 0 Å². The van der Waals surface area contributed by atoms with Crippen LogP contribution in [0.2, 0.25) is 0 Å². The SMILES string of the molecule is CCCCCCCCCCCCCOS(=O)(=O)[O-].N.O=S(=O)(O)O.[Na+]. The Morgan fingerprint density at radius 1 is 0.760 bits per heavy atom. The molecule has 150 valence electrons. The molecule has 0 aliphatic rings. The zero-order valence-electron chi connectivity index (χ0n) is 15.4. The summed E-state index contributed by atoms with van der Waals surface area (Å²) in [6, 6.07) is 0. The van der Waals surface area contributed by atoms with E-state index in [2.05, 4.69) is 11.1 Å². The molecule has 0 aromatic heterocycles. The van der Waals surface area contributed by atoms with Crippen molar-refractivity contribution in [1.29, 1.82) is 0 Å². The van der Waals surface area contributed by atoms with Crippen molar-refractivity contribution in [2.24, 2.45) is 0 Å². The van der Waals surface area contributed by atoms with E-state index in [1.807, 2.05) is 0 Å². The van der Waals surface area contributed by atoms with E-state index in [-0.39, 0.29) is 42.3 Å². The molecule has 0 aliphatic heterocycles. The molecule has 0 radical (unpaired) electrons. The maximum atomic E-state index is 10.1. The predicted octanol–water partition coefficient (Wildman–Crippen LogP) is 0.287. The van der Waals surface area contributed by atoms with Crippen LogP contribution >= 0.6 is 0 Å². The fraction of sp³-hybridized carbons (Fsp3) is 1.00. The third-order valence-corrected chi connectivity index (χ3v) is 3.43. The summed E-state index contributed by atoms with van der Waals surface area (Å²) in [4.78, 5) is 0. The van der Waals surface area contributed by atoms with Crippen LogP contribution in [0.4, 0.5) is 0 Å². The normalized spacial score (nSPS) is 10.9. The molecule has 12 heteroatoms. The molecule has 0 rings (SSSR count). The molecule has 0 amide bonds. The topological polar surface area (TPSA) is 176 Å². The average Bonchev–Trinajstić information content (AvgIpc) is 2.37. The van der Waals surface area contributed by atoms with E-state index in [9.17, 15) is 13.0 Å². The molecule has 0 saturated heterocycles. The summed E-state index contributed by atoms with van der Waals surface area (Å²) in [5.41, 5.74) is 0. The van der Waals surface area contributed by atoms with E-state index >= 15 is 0 Å². The van der Waals surface area contributed by atoms with Gasteiger partial charge in [-0.3, -0.25) is 13.3 Å². The minimum atomic E-state index is -4.67. The van der Waals surface area contributed by atoms with Gasteiger partial charge in [-0.1, -0.05) is 71.1 Å². The molecule has 0 fully saturated rings. The van der Waals surface area contributed by atoms with E-state index in [1.54, 1.807) is 0 Å². The van der Waals surface area contributed by atoms with Gasteiger partial charge in [0.15, 0.2) is 0 Å². The zero-order chi connectivity index (χ0) is 18.2. The molecule has 9 nitrogen and oxygen atoms in total. The third kappa shape index (κ3) is 51.6. The van der Waals surface area contributed by atoms with Crippen LogP contribution in [-0.2, 0) is 25.0 Å². The van der Waals surface area contributed by atoms with Gasteiger partial charge >= 0.3 is 40.0 Å². The fourth-order valence-corrected chi connectivity index (χ4v) is 2.25. The van der Waals surface area contributed by atoms with Crippen molar-refractivity contribution in [3.05, 3.63) is 0 Å². The molecule has 0 saturated carbocycles. The largest absolute Gasteiger partial charge is 1.00 e. The van der Waals surface area contributed by atoms with Crippen molar-refractivity contribution in [2.45, 2.75) is 77.6 Å². The zero-order valence-corrected chi connectivity index (χ0v) is 19.0. The Morgan fingerprint density at radius 2 is 1.04 bits per heavy atom. The molecule has 5 N–H and O–H groups in total. The van der Waals surface area contributed by atoms with Gasteiger partial charge in [0.2, 0.25) is 10.4 Å². The summed E-state index contributed by atoms with van der Waals surface area (Å²) in [6.07, 6.45) is 13.1. The Labute approximate surface area is 174 Å². The number of rotatable bonds is 13. The molecule has 0 aromatic rings. The van der Waals surface area contributed by atoms with Gasteiger partial charge in [0.25, 0.3) is 0 Å². The van der Waals surface area contributed by atoms with Gasteiger partial charge in [0.1, 0.15) is 0 Å². The summed E-state index contributed by atoms with van der Waals surface area (Å²) >= 11 is 0. The van der Waals surface area contributed by atoms with E-state index in [0.29, 0.717) is 6.42 Å². The minimum absolute atomic E-state index is 0. The van der Waals surface area contributed by atoms with Crippen LogP contribution in [0.25, 0.3) is 0 Å². The first-order valence-electron chi connectivity index (χ1n) is 7.86. The van der Waals surface area contributed by atoms with Gasteiger partial charge in [-0.25, -0.2) is 8.42 Å². The first-order chi connectivity index (χ1) is 10.6. The first-order valence-corrected chi connectivity index (χ1v) is 10.6. The monoisotopic (exact) mass is 417 g/mol. The van der Waals surface area contributed by atoms with Gasteiger partial charge < -0.3 is 10.7 Å². The van der Waals surface area contributed by atoms with Crippen LogP contribution < -0.4 is 35.7 Å². The minimum Gasteiger partial charge on any atom is -0.726 e. The van der Waals surface area contributed by atoms with Crippen LogP contribution in [0.5, 0.6) is 0 Å². The molecular formula is C13H32NNaO8S2. The van der Waals surface area contributed by atoms with Crippen LogP contribution in [-0.4, -0.2) is 37.1 Å². The molecule has 0 spiro atoms. The van der Waals surface area contributed by atoms with E-state index in [4.69, 9.17) is 17.5 Å². The van der Waals surface area contributed by atoms with Crippen LogP contribution in [0.3, 0.4) is 0 Å². The van der Waals surface area contributed by atoms with E-state index < -0.39 is 20.8 Å². The number of unbranched alkanes of at least 4 members (excludes halogenated alkanes) is 10. The van der Waals surface area contributed by atoms with Gasteiger partial charge in [0, 0.05) is 0 Å². The molecule has 0 aliphatic carbocycles. The maximum Gasteiger partial charge on any atom is 1.00 e. The summed E-state index contributed by atoms with van der Waals surface area (Å²) < 4.78 is 66.1. The molecule has 0 atom stereocenters. The molecule has 0 unspecified atom stereocenters. The van der Waals surface area contributed by atoms with Crippen LogP contribution in [0.1, 0.15) is 77.6 Å². The van der Waals surface area contributed by atoms with Gasteiger partial charge in [0.05, 0.1) is 6.61 Å². The third-order valence-electron chi connectivity index (χ3n) is 2.98. The second kappa shape index (κ2) is 21.0. The van der Waals surface area contributed by atoms with Crippen LogP contribution in [0, 0.1) is 0 Å². The van der Waals surface area contributed by atoms with Crippen molar-refractivity contribution in [3.63, 3.8) is 0 Å². The standard InChI is InChI=1S/C13H28O4S.H3N.Na.H2O4S/c1-2-3-4-5-6-7-8-9-10-11-12-13-17-18(14,15)16;;;1-5(2,3)4/h2-13H2,1H3,(H,14,15,16);1H3;;(H2,1,2,3,4)/q;;+1;/p-1. The second-order valence-corrected chi connectivity index (χ2v) is 7.16. The Kier molecular flexibility index (Phi) is 28.0. The van der Waals surface area contributed by atoms with Crippen molar-refractivity contribution in [2.75, 3.05) is 6.61 Å². The van der Waals surface area contributed by atoms with Crippen molar-refractivity contribution >= 4 is 20.8 Å². The second-order valence-electron chi connectivity index (χ2n) is 5.21. The van der Waals surface area contributed by atoms with E-state index in [0.717, 1.165) is 12.8 Å². The Balaban J connectivity index is -0.000000276. The number of hydrogen-bond donors (Lipinski definition) is 3. The fourth-order valence-electron chi connectivity index (χ4n) is 1.93. The van der Waals surface area contributed by atoms with Crippen molar-refractivity contribution < 1.29 is 64.2 Å². The molecule has 25 heavy (non-hydrogen) atoms. The summed E-state index contributed by atoms with van der Waals surface area (Å²) in [6.45, 7) is 2.25. The number of hydrogen-bond acceptors (Lipinski definition) is 7. The maximum absolute atomic E-state index is 10.1. The van der Waals surface area contributed by atoms with Crippen molar-refractivity contribution in [1.82, 2.24) is 6.15 Å². The van der Waals surface area contributed by atoms with E-state index in [1.165, 1.54) is 51.4 Å². The smallest absolute Gasteiger partial charge is 0.726 e. The Bertz CT molecular complexity index is 449. The molecule has 0 bridgehead atoms. The quantitative estimate of drug-likeness (QED) is 0.164. The molecule has 0 heterocycles. The summed E-state index contributed by atoms with van der Waals surface area (Å²) in [5, 5.41) is 0.